The van der Waals surface area contributed by atoms with Crippen molar-refractivity contribution in [2.45, 2.75) is 18.5 Å². The van der Waals surface area contributed by atoms with Crippen LogP contribution in [0.4, 0.5) is 0 Å². The van der Waals surface area contributed by atoms with Crippen molar-refractivity contribution in [1.82, 2.24) is 10.2 Å². The molecule has 14 heavy (non-hydrogen) atoms. The molecule has 0 aliphatic carbocycles. The molecule has 1 heterocycles. The Kier molecular flexibility index (Phi) is 3.43. The SMILES string of the molecule is CN1CCNC(CC(=O)O)C1C(=O)O. The molecule has 80 valence electrons. The van der Waals surface area contributed by atoms with Crippen molar-refractivity contribution in [1.29, 1.82) is 0 Å². The van der Waals surface area contributed by atoms with Gasteiger partial charge in [-0.25, -0.2) is 0 Å². The average molecular weight is 202 g/mol. The Hall–Kier alpha value is -1.14. The van der Waals surface area contributed by atoms with Crippen molar-refractivity contribution in [2.75, 3.05) is 20.1 Å². The van der Waals surface area contributed by atoms with E-state index in [-0.39, 0.29) is 6.42 Å². The Morgan fingerprint density at radius 2 is 2.14 bits per heavy atom. The molecule has 0 aromatic carbocycles. The van der Waals surface area contributed by atoms with Crippen LogP contribution in [0.5, 0.6) is 0 Å². The van der Waals surface area contributed by atoms with E-state index in [0.29, 0.717) is 13.1 Å². The number of carboxylic acid groups (broad SMARTS) is 2. The predicted octanol–water partition coefficient (Wildman–Crippen LogP) is -1.18. The summed E-state index contributed by atoms with van der Waals surface area (Å²) in [5.41, 5.74) is 0. The van der Waals surface area contributed by atoms with Crippen LogP contribution in [0.25, 0.3) is 0 Å². The van der Waals surface area contributed by atoms with Crippen molar-refractivity contribution in [3.63, 3.8) is 0 Å². The lowest BCUT2D eigenvalue weighted by atomic mass is 10.0. The molecule has 0 saturated carbocycles. The molecule has 3 N–H and O–H groups in total. The number of piperazine rings is 1. The minimum atomic E-state index is -0.982. The van der Waals surface area contributed by atoms with Gasteiger partial charge in [-0.1, -0.05) is 0 Å². The first-order valence-corrected chi connectivity index (χ1v) is 4.40. The van der Waals surface area contributed by atoms with Crippen molar-refractivity contribution in [2.24, 2.45) is 0 Å². The summed E-state index contributed by atoms with van der Waals surface area (Å²) in [7, 11) is 1.69. The standard InChI is InChI=1S/C8H14N2O4/c1-10-3-2-9-5(4-6(11)12)7(10)8(13)14/h5,7,9H,2-4H2,1H3,(H,11,12)(H,13,14). The number of carbonyl (C=O) groups is 2. The lowest BCUT2D eigenvalue weighted by Gasteiger charge is -2.36. The highest BCUT2D eigenvalue weighted by molar-refractivity contribution is 5.76. The molecular weight excluding hydrogens is 188 g/mol. The summed E-state index contributed by atoms with van der Waals surface area (Å²) < 4.78 is 0. The van der Waals surface area contributed by atoms with E-state index >= 15 is 0 Å². The molecule has 6 nitrogen and oxygen atoms in total. The zero-order chi connectivity index (χ0) is 10.7. The molecule has 1 rings (SSSR count). The molecule has 2 unspecified atom stereocenters. The fourth-order valence-corrected chi connectivity index (χ4v) is 1.72. The maximum Gasteiger partial charge on any atom is 0.322 e. The van der Waals surface area contributed by atoms with Crippen molar-refractivity contribution >= 4 is 11.9 Å². The molecular formula is C8H14N2O4. The monoisotopic (exact) mass is 202 g/mol. The minimum Gasteiger partial charge on any atom is -0.481 e. The number of hydrogen-bond donors (Lipinski definition) is 3. The quantitative estimate of drug-likeness (QED) is 0.533. The van der Waals surface area contributed by atoms with Crippen molar-refractivity contribution < 1.29 is 19.8 Å². The molecule has 2 atom stereocenters. The summed E-state index contributed by atoms with van der Waals surface area (Å²) in [5, 5.41) is 20.4. The smallest absolute Gasteiger partial charge is 0.322 e. The summed E-state index contributed by atoms with van der Waals surface area (Å²) >= 11 is 0. The molecule has 1 aliphatic heterocycles. The van der Waals surface area contributed by atoms with Gasteiger partial charge >= 0.3 is 11.9 Å². The summed E-state index contributed by atoms with van der Waals surface area (Å²) in [4.78, 5) is 23.0. The number of aliphatic carboxylic acids is 2. The van der Waals surface area contributed by atoms with Gasteiger partial charge in [0.25, 0.3) is 0 Å². The van der Waals surface area contributed by atoms with Gasteiger partial charge in [0, 0.05) is 19.1 Å². The number of nitrogens with zero attached hydrogens (tertiary/aromatic N) is 1. The number of hydrogen-bond acceptors (Lipinski definition) is 4. The summed E-state index contributed by atoms with van der Waals surface area (Å²) in [6.07, 6.45) is -0.165. The van der Waals surface area contributed by atoms with E-state index in [0.717, 1.165) is 0 Å². The molecule has 1 aliphatic rings. The van der Waals surface area contributed by atoms with E-state index in [2.05, 4.69) is 5.32 Å². The van der Waals surface area contributed by atoms with E-state index in [1.807, 2.05) is 0 Å². The highest BCUT2D eigenvalue weighted by atomic mass is 16.4. The molecule has 0 aromatic rings. The van der Waals surface area contributed by atoms with E-state index in [1.165, 1.54) is 0 Å². The summed E-state index contributed by atoms with van der Waals surface area (Å²) in [5.74, 6) is -1.96. The number of likely N-dealkylation sites (N-methyl/N-ethyl adjacent to an activating group) is 1. The predicted molar refractivity (Wildman–Crippen MR) is 48.1 cm³/mol. The third-order valence-electron chi connectivity index (χ3n) is 2.37. The van der Waals surface area contributed by atoms with Gasteiger partial charge < -0.3 is 15.5 Å². The molecule has 1 fully saturated rings. The zero-order valence-corrected chi connectivity index (χ0v) is 7.93. The zero-order valence-electron chi connectivity index (χ0n) is 7.93. The van der Waals surface area contributed by atoms with E-state index in [9.17, 15) is 9.59 Å². The number of carboxylic acids is 2. The first-order valence-electron chi connectivity index (χ1n) is 4.40. The van der Waals surface area contributed by atoms with E-state index in [1.54, 1.807) is 11.9 Å². The van der Waals surface area contributed by atoms with Gasteiger partial charge in [0.15, 0.2) is 0 Å². The van der Waals surface area contributed by atoms with Gasteiger partial charge in [0.05, 0.1) is 6.42 Å². The average Bonchev–Trinajstić information content (AvgIpc) is 2.01. The number of rotatable bonds is 3. The Morgan fingerprint density at radius 1 is 1.50 bits per heavy atom. The fraction of sp³-hybridized carbons (Fsp3) is 0.750. The highest BCUT2D eigenvalue weighted by Gasteiger charge is 2.35. The van der Waals surface area contributed by atoms with Crippen LogP contribution in [0, 0.1) is 0 Å². The molecule has 1 saturated heterocycles. The van der Waals surface area contributed by atoms with Crippen molar-refractivity contribution in [3.8, 4) is 0 Å². The Labute approximate surface area is 81.5 Å². The molecule has 6 heteroatoms. The Balaban J connectivity index is 2.69. The maximum absolute atomic E-state index is 10.9. The van der Waals surface area contributed by atoms with Crippen LogP contribution in [-0.2, 0) is 9.59 Å². The first kappa shape index (κ1) is 10.9. The van der Waals surface area contributed by atoms with Crippen LogP contribution in [0.3, 0.4) is 0 Å². The largest absolute Gasteiger partial charge is 0.481 e. The second kappa shape index (κ2) is 4.39. The second-order valence-corrected chi connectivity index (χ2v) is 3.42. The first-order chi connectivity index (χ1) is 6.52. The molecule has 0 aromatic heterocycles. The van der Waals surface area contributed by atoms with Crippen LogP contribution in [0.15, 0.2) is 0 Å². The third-order valence-corrected chi connectivity index (χ3v) is 2.37. The van der Waals surface area contributed by atoms with Crippen molar-refractivity contribution in [3.05, 3.63) is 0 Å². The fourth-order valence-electron chi connectivity index (χ4n) is 1.72. The second-order valence-electron chi connectivity index (χ2n) is 3.42. The molecule has 0 bridgehead atoms. The summed E-state index contributed by atoms with van der Waals surface area (Å²) in [6.45, 7) is 1.24. The van der Waals surface area contributed by atoms with Crippen LogP contribution < -0.4 is 5.32 Å². The van der Waals surface area contributed by atoms with Gasteiger partial charge in [-0.3, -0.25) is 14.5 Å². The van der Waals surface area contributed by atoms with Crippen LogP contribution in [-0.4, -0.2) is 59.3 Å². The van der Waals surface area contributed by atoms with E-state index < -0.39 is 24.0 Å². The topological polar surface area (TPSA) is 89.9 Å². The normalized spacial score (nSPS) is 28.6. The van der Waals surface area contributed by atoms with Crippen LogP contribution in [0.2, 0.25) is 0 Å². The minimum absolute atomic E-state index is 0.165. The van der Waals surface area contributed by atoms with Gasteiger partial charge in [-0.05, 0) is 7.05 Å². The molecule has 0 amide bonds. The van der Waals surface area contributed by atoms with Gasteiger partial charge in [-0.2, -0.15) is 0 Å². The van der Waals surface area contributed by atoms with Gasteiger partial charge in [0.2, 0.25) is 0 Å². The van der Waals surface area contributed by atoms with Crippen LogP contribution >= 0.6 is 0 Å². The Morgan fingerprint density at radius 3 is 2.64 bits per heavy atom. The lowest BCUT2D eigenvalue weighted by Crippen LogP contribution is -2.60. The molecule has 0 radical (unpaired) electrons. The Bertz CT molecular complexity index is 243. The maximum atomic E-state index is 10.9. The highest BCUT2D eigenvalue weighted by Crippen LogP contribution is 2.10. The van der Waals surface area contributed by atoms with Gasteiger partial charge in [0.1, 0.15) is 6.04 Å². The number of nitrogens with one attached hydrogen (secondary N) is 1. The summed E-state index contributed by atoms with van der Waals surface area (Å²) in [6, 6.07) is -1.26. The molecule has 0 spiro atoms. The van der Waals surface area contributed by atoms with Crippen LogP contribution in [0.1, 0.15) is 6.42 Å². The van der Waals surface area contributed by atoms with E-state index in [4.69, 9.17) is 10.2 Å². The lowest BCUT2D eigenvalue weighted by molar-refractivity contribution is -0.146. The van der Waals surface area contributed by atoms with Gasteiger partial charge in [-0.15, -0.1) is 0 Å². The third kappa shape index (κ3) is 2.43.